The second kappa shape index (κ2) is 7.04. The van der Waals surface area contributed by atoms with Crippen LogP contribution in [0.25, 0.3) is 5.57 Å². The second-order valence-corrected chi connectivity index (χ2v) is 5.11. The summed E-state index contributed by atoms with van der Waals surface area (Å²) >= 11 is 0. The van der Waals surface area contributed by atoms with Crippen molar-refractivity contribution < 1.29 is 24.0 Å². The molecule has 0 bridgehead atoms. The fourth-order valence-electron chi connectivity index (χ4n) is 2.53. The average molecular weight is 319 g/mol. The van der Waals surface area contributed by atoms with E-state index < -0.39 is 17.0 Å². The monoisotopic (exact) mass is 319 g/mol. The average Bonchev–Trinajstić information content (AvgIpc) is 2.46. The standard InChI is InChI=1S/C16H17NO6/c1-3-22-15(19)9-14-16(17(20)21)12(8-10(2)18)11-6-4-5-7-13(11)23-14/h4-7,14H,3,8-9H2,1-2H3/t14-/m0/s1. The summed E-state index contributed by atoms with van der Waals surface area (Å²) in [6.45, 7) is 3.20. The Morgan fingerprint density at radius 1 is 1.35 bits per heavy atom. The van der Waals surface area contributed by atoms with Crippen molar-refractivity contribution in [3.8, 4) is 5.75 Å². The minimum absolute atomic E-state index is 0.0873. The van der Waals surface area contributed by atoms with Crippen molar-refractivity contribution in [3.05, 3.63) is 45.6 Å². The van der Waals surface area contributed by atoms with Crippen molar-refractivity contribution in [3.63, 3.8) is 0 Å². The van der Waals surface area contributed by atoms with Crippen molar-refractivity contribution >= 4 is 17.3 Å². The molecule has 1 aliphatic rings. The van der Waals surface area contributed by atoms with Crippen LogP contribution in [0.2, 0.25) is 0 Å². The third kappa shape index (κ3) is 3.74. The molecule has 23 heavy (non-hydrogen) atoms. The Labute approximate surface area is 133 Å². The van der Waals surface area contributed by atoms with Crippen LogP contribution in [0.5, 0.6) is 5.75 Å². The Morgan fingerprint density at radius 3 is 2.65 bits per heavy atom. The third-order valence-corrected chi connectivity index (χ3v) is 3.38. The molecule has 0 amide bonds. The van der Waals surface area contributed by atoms with Crippen LogP contribution in [0.1, 0.15) is 32.3 Å². The fourth-order valence-corrected chi connectivity index (χ4v) is 2.53. The summed E-state index contributed by atoms with van der Waals surface area (Å²) in [6.07, 6.45) is -1.44. The number of esters is 1. The summed E-state index contributed by atoms with van der Waals surface area (Å²) < 4.78 is 10.5. The number of hydrogen-bond acceptors (Lipinski definition) is 6. The number of ether oxygens (including phenoxy) is 2. The first-order chi connectivity index (χ1) is 10.9. The van der Waals surface area contributed by atoms with Gasteiger partial charge in [-0.3, -0.25) is 19.7 Å². The molecule has 1 aliphatic heterocycles. The largest absolute Gasteiger partial charge is 0.478 e. The number of para-hydroxylation sites is 1. The molecule has 0 N–H and O–H groups in total. The lowest BCUT2D eigenvalue weighted by Crippen LogP contribution is -2.32. The van der Waals surface area contributed by atoms with Crippen LogP contribution in [0.4, 0.5) is 0 Å². The summed E-state index contributed by atoms with van der Waals surface area (Å²) in [7, 11) is 0. The Balaban J connectivity index is 2.50. The number of nitrogens with zero attached hydrogens (tertiary/aromatic N) is 1. The maximum Gasteiger partial charge on any atom is 0.310 e. The van der Waals surface area contributed by atoms with Gasteiger partial charge in [0.15, 0.2) is 6.10 Å². The quantitative estimate of drug-likeness (QED) is 0.454. The molecule has 7 heteroatoms. The van der Waals surface area contributed by atoms with Gasteiger partial charge in [-0.1, -0.05) is 18.2 Å². The zero-order valence-corrected chi connectivity index (χ0v) is 12.9. The van der Waals surface area contributed by atoms with Crippen LogP contribution >= 0.6 is 0 Å². The molecule has 0 fully saturated rings. The number of carbonyl (C=O) groups excluding carboxylic acids is 2. The van der Waals surface area contributed by atoms with Crippen molar-refractivity contribution in [1.29, 1.82) is 0 Å². The van der Waals surface area contributed by atoms with Crippen molar-refractivity contribution in [1.82, 2.24) is 0 Å². The van der Waals surface area contributed by atoms with E-state index in [4.69, 9.17) is 9.47 Å². The molecule has 1 aromatic carbocycles. The minimum Gasteiger partial charge on any atom is -0.478 e. The van der Waals surface area contributed by atoms with Crippen LogP contribution < -0.4 is 4.74 Å². The highest BCUT2D eigenvalue weighted by Crippen LogP contribution is 2.38. The maximum absolute atomic E-state index is 11.7. The van der Waals surface area contributed by atoms with E-state index in [9.17, 15) is 19.7 Å². The van der Waals surface area contributed by atoms with Crippen LogP contribution in [0.3, 0.4) is 0 Å². The molecule has 1 heterocycles. The van der Waals surface area contributed by atoms with E-state index in [-0.39, 0.29) is 30.9 Å². The zero-order valence-electron chi connectivity index (χ0n) is 12.9. The molecule has 1 aromatic rings. The van der Waals surface area contributed by atoms with Gasteiger partial charge in [0.25, 0.3) is 5.70 Å². The third-order valence-electron chi connectivity index (χ3n) is 3.38. The van der Waals surface area contributed by atoms with Gasteiger partial charge in [-0.25, -0.2) is 0 Å². The summed E-state index contributed by atoms with van der Waals surface area (Å²) in [4.78, 5) is 34.2. The Morgan fingerprint density at radius 2 is 2.04 bits per heavy atom. The number of fused-ring (bicyclic) bond motifs is 1. The summed E-state index contributed by atoms with van der Waals surface area (Å²) in [5, 5.41) is 11.5. The number of hydrogen-bond donors (Lipinski definition) is 0. The van der Waals surface area contributed by atoms with Gasteiger partial charge in [0.05, 0.1) is 18.0 Å². The minimum atomic E-state index is -1.08. The normalized spacial score (nSPS) is 16.3. The highest BCUT2D eigenvalue weighted by molar-refractivity contribution is 5.91. The smallest absolute Gasteiger partial charge is 0.310 e. The van der Waals surface area contributed by atoms with Crippen LogP contribution in [-0.4, -0.2) is 29.4 Å². The number of carbonyl (C=O) groups is 2. The van der Waals surface area contributed by atoms with E-state index >= 15 is 0 Å². The van der Waals surface area contributed by atoms with Gasteiger partial charge in [-0.2, -0.15) is 0 Å². The van der Waals surface area contributed by atoms with E-state index in [1.165, 1.54) is 6.92 Å². The first-order valence-corrected chi connectivity index (χ1v) is 7.22. The molecule has 0 saturated carbocycles. The summed E-state index contributed by atoms with van der Waals surface area (Å²) in [5.41, 5.74) is 0.542. The van der Waals surface area contributed by atoms with Crippen molar-refractivity contribution in [2.75, 3.05) is 6.61 Å². The van der Waals surface area contributed by atoms with E-state index in [0.717, 1.165) is 0 Å². The molecule has 0 unspecified atom stereocenters. The number of benzene rings is 1. The number of nitro groups is 1. The number of rotatable bonds is 6. The Hall–Kier alpha value is -2.70. The fraction of sp³-hybridized carbons (Fsp3) is 0.375. The second-order valence-electron chi connectivity index (χ2n) is 5.11. The van der Waals surface area contributed by atoms with E-state index in [1.807, 2.05) is 0 Å². The van der Waals surface area contributed by atoms with E-state index in [0.29, 0.717) is 16.9 Å². The Bertz CT molecular complexity index is 679. The zero-order chi connectivity index (χ0) is 17.0. The van der Waals surface area contributed by atoms with Crippen LogP contribution in [0, 0.1) is 10.1 Å². The lowest BCUT2D eigenvalue weighted by atomic mass is 9.92. The van der Waals surface area contributed by atoms with Crippen LogP contribution in [-0.2, 0) is 14.3 Å². The van der Waals surface area contributed by atoms with Gasteiger partial charge >= 0.3 is 5.97 Å². The van der Waals surface area contributed by atoms with Crippen molar-refractivity contribution in [2.45, 2.75) is 32.8 Å². The maximum atomic E-state index is 11.7. The van der Waals surface area contributed by atoms with Crippen molar-refractivity contribution in [2.24, 2.45) is 0 Å². The number of Topliss-reactive ketones (excluding diaryl/α,β-unsaturated/α-hetero) is 1. The molecular weight excluding hydrogens is 302 g/mol. The highest BCUT2D eigenvalue weighted by Gasteiger charge is 2.39. The Kier molecular flexibility index (Phi) is 5.10. The predicted molar refractivity (Wildman–Crippen MR) is 81.3 cm³/mol. The van der Waals surface area contributed by atoms with Gasteiger partial charge in [-0.05, 0) is 19.9 Å². The molecule has 0 saturated heterocycles. The predicted octanol–water partition coefficient (Wildman–Crippen LogP) is 2.37. The molecule has 0 aliphatic carbocycles. The first kappa shape index (κ1) is 16.7. The van der Waals surface area contributed by atoms with Gasteiger partial charge < -0.3 is 9.47 Å². The lowest BCUT2D eigenvalue weighted by molar-refractivity contribution is -0.434. The summed E-state index contributed by atoms with van der Waals surface area (Å²) in [5.74, 6) is -0.368. The van der Waals surface area contributed by atoms with E-state index in [1.54, 1.807) is 31.2 Å². The molecule has 0 spiro atoms. The highest BCUT2D eigenvalue weighted by atomic mass is 16.6. The van der Waals surface area contributed by atoms with Gasteiger partial charge in [0, 0.05) is 17.6 Å². The lowest BCUT2D eigenvalue weighted by Gasteiger charge is -2.25. The molecular formula is C16H17NO6. The molecule has 7 nitrogen and oxygen atoms in total. The van der Waals surface area contributed by atoms with Gasteiger partial charge in [0.1, 0.15) is 11.5 Å². The molecule has 0 aromatic heterocycles. The van der Waals surface area contributed by atoms with Gasteiger partial charge in [-0.15, -0.1) is 0 Å². The number of ketones is 1. The molecule has 2 rings (SSSR count). The topological polar surface area (TPSA) is 95.7 Å². The first-order valence-electron chi connectivity index (χ1n) is 7.22. The van der Waals surface area contributed by atoms with Gasteiger partial charge in [0.2, 0.25) is 0 Å². The van der Waals surface area contributed by atoms with E-state index in [2.05, 4.69) is 0 Å². The molecule has 0 radical (unpaired) electrons. The SMILES string of the molecule is CCOC(=O)C[C@@H]1Oc2ccccc2C(CC(C)=O)=C1[N+](=O)[O-]. The molecule has 1 atom stereocenters. The number of allylic oxidation sites excluding steroid dienone is 1. The summed E-state index contributed by atoms with van der Waals surface area (Å²) in [6, 6.07) is 6.76. The van der Waals surface area contributed by atoms with Crippen LogP contribution in [0.15, 0.2) is 30.0 Å². The molecule has 122 valence electrons.